The summed E-state index contributed by atoms with van der Waals surface area (Å²) < 4.78 is 108. The molecule has 2 aliphatic rings. The van der Waals surface area contributed by atoms with Crippen molar-refractivity contribution in [3.05, 3.63) is 88.4 Å². The SMILES string of the molecule is CC12CCCN1N(Cc1ccc(O)c(F)c1F)C(=O)C(C(=O)Nc1ccc(C(F)(F)F)cc1-c1ccc(C(F)(F)F)nc1)=C2O. The van der Waals surface area contributed by atoms with Crippen molar-refractivity contribution in [1.82, 2.24) is 15.0 Å². The predicted molar refractivity (Wildman–Crippen MR) is 141 cm³/mol. The molecule has 2 aromatic carbocycles. The van der Waals surface area contributed by atoms with Crippen LogP contribution in [0.3, 0.4) is 0 Å². The van der Waals surface area contributed by atoms with Crippen LogP contribution in [-0.4, -0.2) is 49.1 Å². The van der Waals surface area contributed by atoms with Gasteiger partial charge in [-0.2, -0.15) is 30.7 Å². The molecule has 1 unspecified atom stereocenters. The van der Waals surface area contributed by atoms with Gasteiger partial charge in [0.1, 0.15) is 17.0 Å². The van der Waals surface area contributed by atoms with E-state index >= 15 is 0 Å². The maximum Gasteiger partial charge on any atom is 0.433 e. The minimum Gasteiger partial charge on any atom is -0.509 e. The molecule has 3 N–H and O–H groups in total. The lowest BCUT2D eigenvalue weighted by Crippen LogP contribution is -2.60. The number of halogens is 8. The summed E-state index contributed by atoms with van der Waals surface area (Å²) >= 11 is 0. The van der Waals surface area contributed by atoms with Gasteiger partial charge in [-0.1, -0.05) is 12.1 Å². The second-order valence-electron chi connectivity index (χ2n) is 10.6. The van der Waals surface area contributed by atoms with Gasteiger partial charge in [0.05, 0.1) is 17.6 Å². The number of aliphatic hydroxyl groups is 1. The molecule has 238 valence electrons. The van der Waals surface area contributed by atoms with E-state index in [1.165, 1.54) is 11.9 Å². The summed E-state index contributed by atoms with van der Waals surface area (Å²) in [7, 11) is 0. The highest BCUT2D eigenvalue weighted by atomic mass is 19.4. The molecule has 1 aromatic heterocycles. The van der Waals surface area contributed by atoms with Gasteiger partial charge in [-0.3, -0.25) is 19.6 Å². The molecule has 16 heteroatoms. The van der Waals surface area contributed by atoms with Gasteiger partial charge in [0.15, 0.2) is 11.6 Å². The van der Waals surface area contributed by atoms with Crippen LogP contribution in [-0.2, 0) is 28.5 Å². The maximum atomic E-state index is 14.6. The maximum absolute atomic E-state index is 14.6. The molecule has 3 heterocycles. The average Bonchev–Trinajstić information content (AvgIpc) is 3.37. The molecular weight excluding hydrogens is 620 g/mol. The molecule has 3 aromatic rings. The third kappa shape index (κ3) is 5.65. The average molecular weight is 643 g/mol. The second-order valence-corrected chi connectivity index (χ2v) is 10.6. The zero-order chi connectivity index (χ0) is 33.1. The highest BCUT2D eigenvalue weighted by molar-refractivity contribution is 6.24. The first-order valence-electron chi connectivity index (χ1n) is 13.2. The first-order chi connectivity index (χ1) is 20.9. The second kappa shape index (κ2) is 11.0. The van der Waals surface area contributed by atoms with Gasteiger partial charge >= 0.3 is 12.4 Å². The number of hydrazine groups is 1. The Bertz CT molecular complexity index is 1720. The van der Waals surface area contributed by atoms with Crippen LogP contribution in [0.4, 0.5) is 40.8 Å². The minimum absolute atomic E-state index is 0.174. The number of aromatic nitrogens is 1. The number of alkyl halides is 6. The summed E-state index contributed by atoms with van der Waals surface area (Å²) in [5.41, 5.74) is -6.08. The monoisotopic (exact) mass is 642 g/mol. The van der Waals surface area contributed by atoms with Crippen LogP contribution in [0.2, 0.25) is 0 Å². The molecule has 0 saturated carbocycles. The number of nitrogens with zero attached hydrogens (tertiary/aromatic N) is 3. The number of aromatic hydroxyl groups is 1. The number of carbonyl (C=O) groups is 2. The highest BCUT2D eigenvalue weighted by Crippen LogP contribution is 2.43. The van der Waals surface area contributed by atoms with E-state index in [2.05, 4.69) is 10.3 Å². The van der Waals surface area contributed by atoms with E-state index in [9.17, 15) is 54.9 Å². The lowest BCUT2D eigenvalue weighted by Gasteiger charge is -2.46. The van der Waals surface area contributed by atoms with Crippen LogP contribution in [0.5, 0.6) is 5.75 Å². The molecule has 0 radical (unpaired) electrons. The van der Waals surface area contributed by atoms with Crippen LogP contribution < -0.4 is 5.32 Å². The van der Waals surface area contributed by atoms with Gasteiger partial charge in [-0.25, -0.2) is 9.40 Å². The van der Waals surface area contributed by atoms with Crippen molar-refractivity contribution in [2.75, 3.05) is 11.9 Å². The normalized spacial score (nSPS) is 19.2. The van der Waals surface area contributed by atoms with E-state index < -0.39 is 81.8 Å². The third-order valence-corrected chi connectivity index (χ3v) is 7.74. The number of pyridine rings is 1. The molecule has 0 aliphatic carbocycles. The molecule has 1 fully saturated rings. The number of carbonyl (C=O) groups excluding carboxylic acids is 2. The largest absolute Gasteiger partial charge is 0.509 e. The number of anilines is 1. The Hall–Kier alpha value is -4.73. The van der Waals surface area contributed by atoms with Crippen molar-refractivity contribution in [1.29, 1.82) is 0 Å². The Morgan fingerprint density at radius 3 is 2.33 bits per heavy atom. The van der Waals surface area contributed by atoms with Crippen LogP contribution in [0.1, 0.15) is 36.6 Å². The third-order valence-electron chi connectivity index (χ3n) is 7.74. The van der Waals surface area contributed by atoms with Gasteiger partial charge in [-0.15, -0.1) is 0 Å². The lowest BCUT2D eigenvalue weighted by molar-refractivity contribution is -0.160. The standard InChI is InChI=1S/C29H22F8N4O4/c1-27-9-2-10-41(27)40(13-15-3-7-19(42)23(31)22(15)30)26(45)21(24(27)43)25(44)39-18-6-5-16(28(32,33)34)11-17(18)14-4-8-20(38-12-14)29(35,36)37/h3-8,11-12,42-43H,2,9-10,13H2,1H3,(H,39,44). The van der Waals surface area contributed by atoms with Crippen LogP contribution in [0.25, 0.3) is 11.1 Å². The number of phenols is 1. The van der Waals surface area contributed by atoms with Crippen molar-refractivity contribution in [3.8, 4) is 16.9 Å². The number of benzene rings is 2. The number of hydrogen-bond acceptors (Lipinski definition) is 6. The molecular formula is C29H22F8N4O4. The van der Waals surface area contributed by atoms with Gasteiger partial charge in [0.25, 0.3) is 11.8 Å². The zero-order valence-electron chi connectivity index (χ0n) is 23.0. The van der Waals surface area contributed by atoms with Crippen LogP contribution in [0.15, 0.2) is 60.0 Å². The minimum atomic E-state index is -4.87. The Balaban J connectivity index is 1.54. The topological polar surface area (TPSA) is 106 Å². The number of amides is 2. The number of hydrogen-bond donors (Lipinski definition) is 3. The molecule has 8 nitrogen and oxygen atoms in total. The summed E-state index contributed by atoms with van der Waals surface area (Å²) in [5, 5.41) is 25.2. The van der Waals surface area contributed by atoms with E-state index in [0.29, 0.717) is 30.8 Å². The summed E-state index contributed by atoms with van der Waals surface area (Å²) in [6.45, 7) is 1.05. The fourth-order valence-electron chi connectivity index (χ4n) is 5.38. The van der Waals surface area contributed by atoms with Crippen molar-refractivity contribution in [2.45, 2.75) is 44.2 Å². The van der Waals surface area contributed by atoms with Crippen molar-refractivity contribution >= 4 is 17.5 Å². The first kappa shape index (κ1) is 31.7. The Kier molecular flexibility index (Phi) is 7.75. The van der Waals surface area contributed by atoms with Crippen molar-refractivity contribution in [3.63, 3.8) is 0 Å². The number of fused-ring (bicyclic) bond motifs is 1. The van der Waals surface area contributed by atoms with Gasteiger partial charge < -0.3 is 15.5 Å². The van der Waals surface area contributed by atoms with Crippen LogP contribution in [0, 0.1) is 11.6 Å². The van der Waals surface area contributed by atoms with E-state index in [1.54, 1.807) is 0 Å². The molecule has 45 heavy (non-hydrogen) atoms. The zero-order valence-corrected chi connectivity index (χ0v) is 23.0. The molecule has 0 spiro atoms. The Labute approximate surface area is 249 Å². The Morgan fingerprint density at radius 1 is 1.00 bits per heavy atom. The Morgan fingerprint density at radius 2 is 1.71 bits per heavy atom. The lowest BCUT2D eigenvalue weighted by atomic mass is 9.90. The molecule has 5 rings (SSSR count). The molecule has 0 bridgehead atoms. The number of rotatable bonds is 5. The van der Waals surface area contributed by atoms with E-state index in [0.717, 1.165) is 29.3 Å². The van der Waals surface area contributed by atoms with Gasteiger partial charge in [0.2, 0.25) is 5.82 Å². The highest BCUT2D eigenvalue weighted by Gasteiger charge is 2.53. The number of aliphatic hydroxyl groups excluding tert-OH is 1. The fourth-order valence-corrected chi connectivity index (χ4v) is 5.38. The van der Waals surface area contributed by atoms with E-state index in [4.69, 9.17) is 0 Å². The van der Waals surface area contributed by atoms with Crippen LogP contribution >= 0.6 is 0 Å². The molecule has 1 saturated heterocycles. The molecule has 2 aliphatic heterocycles. The predicted octanol–water partition coefficient (Wildman–Crippen LogP) is 6.33. The summed E-state index contributed by atoms with van der Waals surface area (Å²) in [6.07, 6.45) is -8.41. The van der Waals surface area contributed by atoms with E-state index in [-0.39, 0.29) is 29.8 Å². The molecule has 2 amide bonds. The van der Waals surface area contributed by atoms with Crippen molar-refractivity contribution < 1.29 is 54.9 Å². The summed E-state index contributed by atoms with van der Waals surface area (Å²) in [6, 6.07) is 5.29. The van der Waals surface area contributed by atoms with E-state index in [1.807, 2.05) is 0 Å². The fraction of sp³-hybridized carbons (Fsp3) is 0.276. The van der Waals surface area contributed by atoms with Crippen molar-refractivity contribution in [2.24, 2.45) is 0 Å². The molecule has 1 atom stereocenters. The number of nitrogens with one attached hydrogen (secondary N) is 1. The summed E-state index contributed by atoms with van der Waals surface area (Å²) in [4.78, 5) is 30.5. The smallest absolute Gasteiger partial charge is 0.433 e. The first-order valence-corrected chi connectivity index (χ1v) is 13.2. The summed E-state index contributed by atoms with van der Waals surface area (Å²) in [5.74, 6) is -7.10. The quantitative estimate of drug-likeness (QED) is 0.222. The number of phenolic OH excluding ortho intramolecular Hbond substituents is 1. The van der Waals surface area contributed by atoms with Gasteiger partial charge in [0, 0.05) is 35.1 Å². The van der Waals surface area contributed by atoms with Gasteiger partial charge in [-0.05, 0) is 50.1 Å².